The summed E-state index contributed by atoms with van der Waals surface area (Å²) < 4.78 is 80.3. The first-order valence-corrected chi connectivity index (χ1v) is 9.10. The molecule has 1 aromatic heterocycles. The van der Waals surface area contributed by atoms with Crippen LogP contribution < -0.4 is 5.32 Å². The summed E-state index contributed by atoms with van der Waals surface area (Å²) in [4.78, 5) is 15.9. The van der Waals surface area contributed by atoms with E-state index in [0.717, 1.165) is 18.2 Å². The standard InChI is InChI=1S/C21H13F6N5O/c22-20(23,24)16-3-1-2-14(9-16)19(21(25,26)27)31-18(33)7-5-13-4-6-17(15(8-13)10-28)32-12-29-11-30-32/h1-9,11-12,19H,(H,31,33). The Kier molecular flexibility index (Phi) is 6.52. The molecular weight excluding hydrogens is 452 g/mol. The number of halogens is 6. The number of nitriles is 1. The summed E-state index contributed by atoms with van der Waals surface area (Å²) in [6, 6.07) is 6.32. The molecule has 3 aromatic rings. The summed E-state index contributed by atoms with van der Waals surface area (Å²) in [6.45, 7) is 0. The lowest BCUT2D eigenvalue weighted by Gasteiger charge is -2.22. The number of carbonyl (C=O) groups is 1. The van der Waals surface area contributed by atoms with Crippen molar-refractivity contribution in [2.75, 3.05) is 0 Å². The predicted octanol–water partition coefficient (Wildman–Crippen LogP) is 4.59. The van der Waals surface area contributed by atoms with Gasteiger partial charge in [0.2, 0.25) is 5.91 Å². The van der Waals surface area contributed by atoms with E-state index in [2.05, 4.69) is 10.1 Å². The van der Waals surface area contributed by atoms with E-state index >= 15 is 0 Å². The molecule has 0 radical (unpaired) electrons. The lowest BCUT2D eigenvalue weighted by atomic mass is 10.0. The highest BCUT2D eigenvalue weighted by Crippen LogP contribution is 2.36. The maximum absolute atomic E-state index is 13.5. The number of carbonyl (C=O) groups excluding carboxylic acids is 1. The van der Waals surface area contributed by atoms with Crippen LogP contribution in [-0.4, -0.2) is 26.8 Å². The first-order chi connectivity index (χ1) is 15.5. The Morgan fingerprint density at radius 3 is 2.48 bits per heavy atom. The summed E-state index contributed by atoms with van der Waals surface area (Å²) in [5, 5.41) is 14.9. The first kappa shape index (κ1) is 23.5. The first-order valence-electron chi connectivity index (χ1n) is 9.10. The number of alkyl halides is 6. The van der Waals surface area contributed by atoms with Gasteiger partial charge in [-0.25, -0.2) is 9.67 Å². The quantitative estimate of drug-likeness (QED) is 0.441. The van der Waals surface area contributed by atoms with Crippen molar-refractivity contribution in [3.63, 3.8) is 0 Å². The van der Waals surface area contributed by atoms with Crippen molar-refractivity contribution in [3.05, 3.63) is 83.4 Å². The number of nitrogens with one attached hydrogen (secondary N) is 1. The smallest absolute Gasteiger partial charge is 0.337 e. The van der Waals surface area contributed by atoms with Crippen LogP contribution in [0.3, 0.4) is 0 Å². The average Bonchev–Trinajstić information content (AvgIpc) is 3.29. The second-order valence-electron chi connectivity index (χ2n) is 6.67. The third kappa shape index (κ3) is 5.76. The maximum Gasteiger partial charge on any atom is 0.416 e. The van der Waals surface area contributed by atoms with Gasteiger partial charge in [-0.05, 0) is 41.5 Å². The summed E-state index contributed by atoms with van der Waals surface area (Å²) >= 11 is 0. The molecule has 1 N–H and O–H groups in total. The molecule has 1 amide bonds. The molecule has 1 atom stereocenters. The van der Waals surface area contributed by atoms with Gasteiger partial charge in [0.05, 0.1) is 16.8 Å². The van der Waals surface area contributed by atoms with Crippen molar-refractivity contribution in [3.8, 4) is 11.8 Å². The van der Waals surface area contributed by atoms with Gasteiger partial charge in [0.1, 0.15) is 18.7 Å². The van der Waals surface area contributed by atoms with Crippen LogP contribution >= 0.6 is 0 Å². The van der Waals surface area contributed by atoms with Crippen LogP contribution in [0.1, 0.15) is 28.3 Å². The Labute approximate surface area is 182 Å². The molecule has 0 aliphatic rings. The fourth-order valence-corrected chi connectivity index (χ4v) is 2.89. The zero-order chi connectivity index (χ0) is 24.2. The van der Waals surface area contributed by atoms with Crippen LogP contribution in [0.25, 0.3) is 11.8 Å². The molecule has 0 aliphatic carbocycles. The number of benzene rings is 2. The predicted molar refractivity (Wildman–Crippen MR) is 103 cm³/mol. The maximum atomic E-state index is 13.5. The zero-order valence-electron chi connectivity index (χ0n) is 16.4. The highest BCUT2D eigenvalue weighted by atomic mass is 19.4. The largest absolute Gasteiger partial charge is 0.416 e. The van der Waals surface area contributed by atoms with E-state index in [9.17, 15) is 36.4 Å². The van der Waals surface area contributed by atoms with E-state index in [0.29, 0.717) is 23.4 Å². The number of aromatic nitrogens is 3. The molecule has 170 valence electrons. The van der Waals surface area contributed by atoms with Gasteiger partial charge >= 0.3 is 12.4 Å². The average molecular weight is 465 g/mol. The Balaban J connectivity index is 1.81. The van der Waals surface area contributed by atoms with Crippen molar-refractivity contribution in [2.45, 2.75) is 18.4 Å². The summed E-state index contributed by atoms with van der Waals surface area (Å²) in [5.74, 6) is -1.19. The minimum absolute atomic E-state index is 0.167. The number of hydrogen-bond donors (Lipinski definition) is 1. The van der Waals surface area contributed by atoms with Crippen molar-refractivity contribution in [1.29, 1.82) is 5.26 Å². The van der Waals surface area contributed by atoms with Gasteiger partial charge in [0, 0.05) is 6.08 Å². The summed E-state index contributed by atoms with van der Waals surface area (Å²) in [5.41, 5.74) is -1.13. The van der Waals surface area contributed by atoms with Crippen molar-refractivity contribution in [1.82, 2.24) is 20.1 Å². The second kappa shape index (κ2) is 9.15. The number of nitrogens with zero attached hydrogens (tertiary/aromatic N) is 4. The Hall–Kier alpha value is -4.14. The third-order valence-corrected chi connectivity index (χ3v) is 4.40. The van der Waals surface area contributed by atoms with Gasteiger partial charge in [-0.15, -0.1) is 0 Å². The number of amides is 1. The van der Waals surface area contributed by atoms with E-state index in [4.69, 9.17) is 0 Å². The fourth-order valence-electron chi connectivity index (χ4n) is 2.89. The van der Waals surface area contributed by atoms with E-state index < -0.39 is 35.4 Å². The summed E-state index contributed by atoms with van der Waals surface area (Å²) in [6.07, 6.45) is -5.29. The molecule has 33 heavy (non-hydrogen) atoms. The topological polar surface area (TPSA) is 83.6 Å². The van der Waals surface area contributed by atoms with E-state index in [1.165, 1.54) is 41.6 Å². The van der Waals surface area contributed by atoms with Gasteiger partial charge in [-0.3, -0.25) is 4.79 Å². The third-order valence-electron chi connectivity index (χ3n) is 4.40. The molecule has 3 rings (SSSR count). The monoisotopic (exact) mass is 465 g/mol. The minimum atomic E-state index is -5.04. The molecule has 0 fully saturated rings. The zero-order valence-corrected chi connectivity index (χ0v) is 16.4. The van der Waals surface area contributed by atoms with Gasteiger partial charge in [-0.1, -0.05) is 18.2 Å². The van der Waals surface area contributed by atoms with Gasteiger partial charge in [0.25, 0.3) is 0 Å². The molecule has 1 unspecified atom stereocenters. The Morgan fingerprint density at radius 2 is 1.88 bits per heavy atom. The summed E-state index contributed by atoms with van der Waals surface area (Å²) in [7, 11) is 0. The fraction of sp³-hybridized carbons (Fsp3) is 0.143. The van der Waals surface area contributed by atoms with Crippen LogP contribution in [-0.2, 0) is 11.0 Å². The minimum Gasteiger partial charge on any atom is -0.337 e. The molecule has 1 heterocycles. The molecule has 0 bridgehead atoms. The van der Waals surface area contributed by atoms with Crippen LogP contribution in [0.15, 0.2) is 61.2 Å². The lowest BCUT2D eigenvalue weighted by Crippen LogP contribution is -2.37. The molecule has 0 aliphatic heterocycles. The molecule has 0 saturated carbocycles. The Morgan fingerprint density at radius 1 is 1.12 bits per heavy atom. The molecule has 0 spiro atoms. The van der Waals surface area contributed by atoms with E-state index in [-0.39, 0.29) is 5.56 Å². The molecular formula is C21H13F6N5O. The van der Waals surface area contributed by atoms with Crippen LogP contribution in [0.4, 0.5) is 26.3 Å². The molecule has 0 saturated heterocycles. The Bertz CT molecular complexity index is 1210. The van der Waals surface area contributed by atoms with Crippen LogP contribution in [0.5, 0.6) is 0 Å². The highest BCUT2D eigenvalue weighted by molar-refractivity contribution is 5.92. The van der Waals surface area contributed by atoms with E-state index in [1.807, 2.05) is 6.07 Å². The molecule has 6 nitrogen and oxygen atoms in total. The van der Waals surface area contributed by atoms with Gasteiger partial charge < -0.3 is 5.32 Å². The van der Waals surface area contributed by atoms with Gasteiger partial charge in [-0.2, -0.15) is 36.7 Å². The second-order valence-corrected chi connectivity index (χ2v) is 6.67. The number of rotatable bonds is 5. The molecule has 2 aromatic carbocycles. The van der Waals surface area contributed by atoms with Crippen molar-refractivity contribution >= 4 is 12.0 Å². The normalized spacial score (nSPS) is 13.0. The lowest BCUT2D eigenvalue weighted by molar-refractivity contribution is -0.162. The SMILES string of the molecule is N#Cc1cc(C=CC(=O)NC(c2cccc(C(F)(F)F)c2)C(F)(F)F)ccc1-n1cncn1. The van der Waals surface area contributed by atoms with E-state index in [1.54, 1.807) is 5.32 Å². The van der Waals surface area contributed by atoms with Crippen LogP contribution in [0.2, 0.25) is 0 Å². The van der Waals surface area contributed by atoms with Crippen molar-refractivity contribution in [2.24, 2.45) is 0 Å². The van der Waals surface area contributed by atoms with Crippen LogP contribution in [0, 0.1) is 11.3 Å². The molecule has 12 heteroatoms. The highest BCUT2D eigenvalue weighted by Gasteiger charge is 2.42. The van der Waals surface area contributed by atoms with Gasteiger partial charge in [0.15, 0.2) is 6.04 Å². The van der Waals surface area contributed by atoms with Crippen molar-refractivity contribution < 1.29 is 31.1 Å². The number of hydrogen-bond acceptors (Lipinski definition) is 4.